The highest BCUT2D eigenvalue weighted by Gasteiger charge is 2.22. The van der Waals surface area contributed by atoms with Gasteiger partial charge in [-0.15, -0.1) is 10.2 Å². The lowest BCUT2D eigenvalue weighted by Gasteiger charge is -2.23. The lowest BCUT2D eigenvalue weighted by Crippen LogP contribution is -2.50. The van der Waals surface area contributed by atoms with Crippen LogP contribution in [0.15, 0.2) is 30.6 Å². The number of hydrogen-bond acceptors (Lipinski definition) is 9. The Morgan fingerprint density at radius 1 is 1.14 bits per heavy atom. The zero-order valence-electron chi connectivity index (χ0n) is 19.9. The Morgan fingerprint density at radius 3 is 2.56 bits per heavy atom. The summed E-state index contributed by atoms with van der Waals surface area (Å²) in [6.07, 6.45) is 1.55. The molecular weight excluding hydrogens is 463 g/mol. The number of carbonyl (C=O) groups excluding carboxylic acids is 2. The van der Waals surface area contributed by atoms with Crippen LogP contribution in [0.25, 0.3) is 11.4 Å². The molecule has 1 aromatic carbocycles. The Hall–Kier alpha value is -4.07. The minimum absolute atomic E-state index is 0.0463. The first kappa shape index (κ1) is 26.5. The SMILES string of the molecule is [B]C([B])([B])NC(=O)c1nnc(NC(=O)NCCOC)cc1Nc1cccc(-c2ncn(C)n2)c1OC. The number of hydrogen-bond donors (Lipinski definition) is 4. The number of urea groups is 1. The predicted octanol–water partition coefficient (Wildman–Crippen LogP) is -0.361. The number of para-hydroxylation sites is 1. The molecule has 6 radical (unpaired) electrons. The summed E-state index contributed by atoms with van der Waals surface area (Å²) in [6.45, 7) is 0.601. The summed E-state index contributed by atoms with van der Waals surface area (Å²) in [5, 5.41) is 20.5. The molecule has 3 rings (SSSR count). The highest BCUT2D eigenvalue weighted by Crippen LogP contribution is 2.37. The van der Waals surface area contributed by atoms with Crippen LogP contribution < -0.4 is 26.0 Å². The first-order chi connectivity index (χ1) is 17.1. The summed E-state index contributed by atoms with van der Waals surface area (Å²) in [4.78, 5) is 29.2. The van der Waals surface area contributed by atoms with Crippen LogP contribution in [0.5, 0.6) is 5.75 Å². The van der Waals surface area contributed by atoms with Gasteiger partial charge in [-0.1, -0.05) is 11.3 Å². The zero-order chi connectivity index (χ0) is 26.3. The maximum absolute atomic E-state index is 12.8. The smallest absolute Gasteiger partial charge is 0.320 e. The van der Waals surface area contributed by atoms with E-state index >= 15 is 0 Å². The van der Waals surface area contributed by atoms with Crippen LogP contribution in [0.4, 0.5) is 22.0 Å². The van der Waals surface area contributed by atoms with E-state index in [0.29, 0.717) is 29.4 Å². The lowest BCUT2D eigenvalue weighted by atomic mass is 9.49. The van der Waals surface area contributed by atoms with Crippen LogP contribution in [0.3, 0.4) is 0 Å². The number of aromatic nitrogens is 5. The second kappa shape index (κ2) is 11.6. The molecular formula is C20H22B3N9O4. The molecule has 13 nitrogen and oxygen atoms in total. The van der Waals surface area contributed by atoms with Crippen molar-refractivity contribution in [1.29, 1.82) is 0 Å². The average molecular weight is 485 g/mol. The number of benzene rings is 1. The number of anilines is 3. The maximum atomic E-state index is 12.8. The monoisotopic (exact) mass is 485 g/mol. The maximum Gasteiger partial charge on any atom is 0.320 e. The van der Waals surface area contributed by atoms with Gasteiger partial charge >= 0.3 is 6.03 Å². The summed E-state index contributed by atoms with van der Waals surface area (Å²) in [7, 11) is 21.3. The van der Waals surface area contributed by atoms with Crippen molar-refractivity contribution in [2.24, 2.45) is 7.05 Å². The summed E-state index contributed by atoms with van der Waals surface area (Å²) in [5.41, 5.74) is 0.981. The minimum Gasteiger partial charge on any atom is -0.494 e. The fourth-order valence-corrected chi connectivity index (χ4v) is 3.04. The normalized spacial score (nSPS) is 11.0. The number of carbonyl (C=O) groups is 2. The molecule has 0 aliphatic rings. The third-order valence-corrected chi connectivity index (χ3v) is 4.50. The second-order valence-electron chi connectivity index (χ2n) is 7.51. The fraction of sp³-hybridized carbons (Fsp3) is 0.300. The number of amides is 3. The third kappa shape index (κ3) is 6.98. The molecule has 16 heteroatoms. The molecule has 0 unspecified atom stereocenters. The standard InChI is InChI=1S/C20H22B3N9O4/c1-32-10-25-17(31-32)11-5-4-6-12(16(11)36-3)26-13-9-14(27-19(34)24-7-8-35-2)29-30-15(13)18(33)28-20(21,22)23/h4-6,9-10H,7-8H2,1-3H3,(H,28,33)(H3,24,26,27,29,34). The Kier molecular flexibility index (Phi) is 8.53. The highest BCUT2D eigenvalue weighted by atomic mass is 16.5. The number of aryl methyl sites for hydroxylation is 1. The second-order valence-corrected chi connectivity index (χ2v) is 7.51. The van der Waals surface area contributed by atoms with Crippen LogP contribution >= 0.6 is 0 Å². The number of ether oxygens (including phenoxy) is 2. The third-order valence-electron chi connectivity index (χ3n) is 4.50. The van der Waals surface area contributed by atoms with E-state index in [4.69, 9.17) is 33.0 Å². The molecule has 0 aliphatic carbocycles. The van der Waals surface area contributed by atoms with Gasteiger partial charge in [-0.3, -0.25) is 14.8 Å². The van der Waals surface area contributed by atoms with Crippen molar-refractivity contribution in [2.45, 2.75) is 5.24 Å². The van der Waals surface area contributed by atoms with Gasteiger partial charge in [0.05, 0.1) is 54.2 Å². The molecule has 0 saturated carbocycles. The van der Waals surface area contributed by atoms with Gasteiger partial charge in [-0.25, -0.2) is 9.78 Å². The predicted molar refractivity (Wildman–Crippen MR) is 135 cm³/mol. The fourth-order valence-electron chi connectivity index (χ4n) is 3.04. The van der Waals surface area contributed by atoms with Crippen molar-refractivity contribution in [3.05, 3.63) is 36.3 Å². The molecule has 0 spiro atoms. The molecule has 2 aromatic heterocycles. The first-order valence-electron chi connectivity index (χ1n) is 10.5. The molecule has 3 amide bonds. The van der Waals surface area contributed by atoms with Crippen LogP contribution in [-0.2, 0) is 11.8 Å². The van der Waals surface area contributed by atoms with Gasteiger partial charge in [0.15, 0.2) is 23.1 Å². The van der Waals surface area contributed by atoms with E-state index in [9.17, 15) is 9.59 Å². The molecule has 4 N–H and O–H groups in total. The van der Waals surface area contributed by atoms with Crippen molar-refractivity contribution in [1.82, 2.24) is 35.6 Å². The quantitative estimate of drug-likeness (QED) is 0.223. The summed E-state index contributed by atoms with van der Waals surface area (Å²) >= 11 is 0. The molecule has 0 saturated heterocycles. The molecule has 36 heavy (non-hydrogen) atoms. The van der Waals surface area contributed by atoms with Gasteiger partial charge in [-0.2, -0.15) is 5.10 Å². The van der Waals surface area contributed by atoms with Crippen molar-refractivity contribution in [2.75, 3.05) is 38.0 Å². The molecule has 0 atom stereocenters. The lowest BCUT2D eigenvalue weighted by molar-refractivity contribution is 0.0947. The average Bonchev–Trinajstić information content (AvgIpc) is 3.24. The molecule has 2 heterocycles. The van der Waals surface area contributed by atoms with E-state index in [1.165, 1.54) is 20.3 Å². The zero-order valence-corrected chi connectivity index (χ0v) is 19.9. The van der Waals surface area contributed by atoms with E-state index in [0.717, 1.165) is 0 Å². The molecule has 0 aliphatic heterocycles. The summed E-state index contributed by atoms with van der Waals surface area (Å²) in [5.74, 6) is 0.0580. The van der Waals surface area contributed by atoms with Crippen LogP contribution in [0.1, 0.15) is 10.5 Å². The Labute approximate surface area is 211 Å². The van der Waals surface area contributed by atoms with Gasteiger partial charge in [0.25, 0.3) is 5.91 Å². The number of nitrogens with one attached hydrogen (secondary N) is 4. The topological polar surface area (TPSA) is 157 Å². The van der Waals surface area contributed by atoms with Crippen LogP contribution in [0, 0.1) is 0 Å². The van der Waals surface area contributed by atoms with Crippen molar-refractivity contribution >= 4 is 52.7 Å². The van der Waals surface area contributed by atoms with Gasteiger partial charge in [0.1, 0.15) is 6.33 Å². The summed E-state index contributed by atoms with van der Waals surface area (Å²) < 4.78 is 12.1. The minimum atomic E-state index is -2.00. The van der Waals surface area contributed by atoms with Crippen LogP contribution in [0.2, 0.25) is 0 Å². The van der Waals surface area contributed by atoms with Gasteiger partial charge in [0, 0.05) is 26.8 Å². The Balaban J connectivity index is 1.98. The number of methoxy groups -OCH3 is 2. The van der Waals surface area contributed by atoms with Gasteiger partial charge < -0.3 is 25.4 Å². The molecule has 180 valence electrons. The van der Waals surface area contributed by atoms with Gasteiger partial charge in [0.2, 0.25) is 0 Å². The van der Waals surface area contributed by atoms with Crippen molar-refractivity contribution < 1.29 is 19.1 Å². The van der Waals surface area contributed by atoms with Crippen molar-refractivity contribution in [3.63, 3.8) is 0 Å². The molecule has 3 aromatic rings. The van der Waals surface area contributed by atoms with E-state index < -0.39 is 17.2 Å². The molecule has 0 fully saturated rings. The van der Waals surface area contributed by atoms with Crippen LogP contribution in [-0.4, -0.2) is 93.0 Å². The number of nitrogens with zero attached hydrogens (tertiary/aromatic N) is 5. The first-order valence-corrected chi connectivity index (χ1v) is 10.5. The number of rotatable bonds is 10. The molecule has 0 bridgehead atoms. The van der Waals surface area contributed by atoms with E-state index in [2.05, 4.69) is 41.5 Å². The van der Waals surface area contributed by atoms with E-state index in [1.807, 2.05) is 0 Å². The summed E-state index contributed by atoms with van der Waals surface area (Å²) in [6, 6.07) is 6.08. The van der Waals surface area contributed by atoms with Crippen molar-refractivity contribution in [3.8, 4) is 17.1 Å². The largest absolute Gasteiger partial charge is 0.494 e. The van der Waals surface area contributed by atoms with Gasteiger partial charge in [-0.05, 0) is 12.1 Å². The Bertz CT molecular complexity index is 1230. The van der Waals surface area contributed by atoms with E-state index in [-0.39, 0.29) is 23.7 Å². The Morgan fingerprint density at radius 2 is 1.92 bits per heavy atom. The van der Waals surface area contributed by atoms with E-state index in [1.54, 1.807) is 36.3 Å². The highest BCUT2D eigenvalue weighted by molar-refractivity contribution is 6.60.